The minimum absolute atomic E-state index is 0.00126. The van der Waals surface area contributed by atoms with Gasteiger partial charge in [-0.15, -0.1) is 0 Å². The Morgan fingerprint density at radius 2 is 2.13 bits per heavy atom. The number of aryl methyl sites for hydroxylation is 1. The number of pyridine rings is 1. The Labute approximate surface area is 192 Å². The Balaban J connectivity index is 1.34. The van der Waals surface area contributed by atoms with Gasteiger partial charge in [0.15, 0.2) is 5.78 Å². The van der Waals surface area contributed by atoms with Crippen molar-refractivity contribution in [1.82, 2.24) is 14.8 Å². The molecule has 3 aliphatic carbocycles. The van der Waals surface area contributed by atoms with Crippen LogP contribution in [0.1, 0.15) is 52.1 Å². The van der Waals surface area contributed by atoms with E-state index in [9.17, 15) is 9.59 Å². The molecule has 3 fully saturated rings. The summed E-state index contributed by atoms with van der Waals surface area (Å²) in [6.07, 6.45) is 7.73. The molecular weight excluding hydrogens is 456 g/mol. The van der Waals surface area contributed by atoms with Gasteiger partial charge in [0.25, 0.3) is 5.56 Å². The quantitative estimate of drug-likeness (QED) is 0.595. The molecule has 2 heterocycles. The van der Waals surface area contributed by atoms with Crippen LogP contribution in [0.5, 0.6) is 0 Å². The number of hydrogen-bond acceptors (Lipinski definition) is 5. The van der Waals surface area contributed by atoms with E-state index in [1.807, 2.05) is 18.2 Å². The van der Waals surface area contributed by atoms with Crippen LogP contribution in [0.3, 0.4) is 0 Å². The van der Waals surface area contributed by atoms with Crippen molar-refractivity contribution in [3.8, 4) is 0 Å². The van der Waals surface area contributed by atoms with Gasteiger partial charge in [-0.1, -0.05) is 26.8 Å². The van der Waals surface area contributed by atoms with Crippen molar-refractivity contribution in [2.75, 3.05) is 5.32 Å². The van der Waals surface area contributed by atoms with Crippen LogP contribution in [0.15, 0.2) is 39.9 Å². The number of anilines is 1. The highest BCUT2D eigenvalue weighted by atomic mass is 79.9. The Morgan fingerprint density at radius 1 is 1.32 bits per heavy atom. The van der Waals surface area contributed by atoms with Crippen molar-refractivity contribution < 1.29 is 4.79 Å². The zero-order valence-electron chi connectivity index (χ0n) is 18.5. The SMILES string of the molecule is C[C@H]1[C@H](Nc2cnn(CC(=O)CCCc3ccccn3)c(=O)c2Br)C[C@H]2C[C@@H]1C2(C)C. The first-order valence-electron chi connectivity index (χ1n) is 11.2. The topological polar surface area (TPSA) is 76.9 Å². The van der Waals surface area contributed by atoms with Crippen LogP contribution in [0.4, 0.5) is 5.69 Å². The van der Waals surface area contributed by atoms with Gasteiger partial charge in [-0.25, -0.2) is 4.68 Å². The molecule has 3 aliphatic rings. The Kier molecular flexibility index (Phi) is 6.33. The van der Waals surface area contributed by atoms with Gasteiger partial charge >= 0.3 is 0 Å². The van der Waals surface area contributed by atoms with Crippen molar-refractivity contribution in [1.29, 1.82) is 0 Å². The van der Waals surface area contributed by atoms with E-state index < -0.39 is 0 Å². The zero-order chi connectivity index (χ0) is 22.2. The molecule has 2 aromatic heterocycles. The van der Waals surface area contributed by atoms with E-state index in [1.165, 1.54) is 11.1 Å². The number of ketones is 1. The molecule has 0 aliphatic heterocycles. The van der Waals surface area contributed by atoms with Crippen LogP contribution in [-0.4, -0.2) is 26.6 Å². The fourth-order valence-corrected chi connectivity index (χ4v) is 5.90. The van der Waals surface area contributed by atoms with Crippen LogP contribution in [0, 0.1) is 23.2 Å². The zero-order valence-corrected chi connectivity index (χ0v) is 20.1. The van der Waals surface area contributed by atoms with Crippen molar-refractivity contribution in [3.05, 3.63) is 51.1 Å². The highest BCUT2D eigenvalue weighted by molar-refractivity contribution is 9.10. The van der Waals surface area contributed by atoms with Gasteiger partial charge in [0, 0.05) is 24.4 Å². The van der Waals surface area contributed by atoms with Crippen molar-refractivity contribution in [2.45, 2.75) is 65.5 Å². The average molecular weight is 487 g/mol. The van der Waals surface area contributed by atoms with Crippen molar-refractivity contribution >= 4 is 27.4 Å². The molecule has 7 heteroatoms. The maximum Gasteiger partial charge on any atom is 0.283 e. The van der Waals surface area contributed by atoms with E-state index >= 15 is 0 Å². The number of carbonyl (C=O) groups is 1. The van der Waals surface area contributed by atoms with Crippen molar-refractivity contribution in [3.63, 3.8) is 0 Å². The molecule has 0 radical (unpaired) electrons. The Hall–Kier alpha value is -2.02. The smallest absolute Gasteiger partial charge is 0.283 e. The lowest BCUT2D eigenvalue weighted by Gasteiger charge is -2.62. The van der Waals surface area contributed by atoms with E-state index in [4.69, 9.17) is 0 Å². The first-order valence-corrected chi connectivity index (χ1v) is 12.0. The van der Waals surface area contributed by atoms with Gasteiger partial charge in [-0.3, -0.25) is 14.6 Å². The minimum Gasteiger partial charge on any atom is -0.380 e. The number of halogens is 1. The van der Waals surface area contributed by atoms with Crippen LogP contribution in [0.25, 0.3) is 0 Å². The Morgan fingerprint density at radius 3 is 2.81 bits per heavy atom. The van der Waals surface area contributed by atoms with Crippen LogP contribution < -0.4 is 10.9 Å². The second kappa shape index (κ2) is 8.85. The number of nitrogens with one attached hydrogen (secondary N) is 1. The molecule has 3 saturated carbocycles. The molecule has 0 saturated heterocycles. The predicted octanol–water partition coefficient (Wildman–Crippen LogP) is 4.48. The number of hydrogen-bond donors (Lipinski definition) is 1. The van der Waals surface area contributed by atoms with Crippen molar-refractivity contribution in [2.24, 2.45) is 23.2 Å². The second-order valence-electron chi connectivity index (χ2n) is 9.75. The molecule has 0 amide bonds. The van der Waals surface area contributed by atoms with E-state index in [-0.39, 0.29) is 17.9 Å². The van der Waals surface area contributed by atoms with Gasteiger partial charge < -0.3 is 5.32 Å². The maximum atomic E-state index is 12.8. The molecule has 0 unspecified atom stereocenters. The van der Waals surface area contributed by atoms with Crippen LogP contribution in [-0.2, 0) is 17.8 Å². The van der Waals surface area contributed by atoms with Crippen LogP contribution >= 0.6 is 15.9 Å². The fourth-order valence-electron chi connectivity index (χ4n) is 5.48. The molecule has 2 aromatic rings. The molecule has 166 valence electrons. The summed E-state index contributed by atoms with van der Waals surface area (Å²) in [4.78, 5) is 29.4. The first-order chi connectivity index (χ1) is 14.8. The number of aromatic nitrogens is 3. The average Bonchev–Trinajstić information content (AvgIpc) is 2.75. The molecule has 4 atom stereocenters. The predicted molar refractivity (Wildman–Crippen MR) is 125 cm³/mol. The third kappa shape index (κ3) is 4.47. The maximum absolute atomic E-state index is 12.8. The second-order valence-corrected chi connectivity index (χ2v) is 10.5. The summed E-state index contributed by atoms with van der Waals surface area (Å²) < 4.78 is 1.71. The molecule has 31 heavy (non-hydrogen) atoms. The van der Waals surface area contributed by atoms with E-state index in [0.717, 1.165) is 36.1 Å². The number of rotatable bonds is 8. The molecule has 0 spiro atoms. The lowest BCUT2D eigenvalue weighted by atomic mass is 9.45. The minimum atomic E-state index is -0.267. The molecule has 6 nitrogen and oxygen atoms in total. The normalized spacial score (nSPS) is 26.2. The standard InChI is InChI=1S/C24H31BrN4O2/c1-15-19-11-16(24(19,2)3)12-20(15)28-21-13-27-29(23(31)22(21)25)14-18(30)9-6-8-17-7-4-5-10-26-17/h4-5,7,10,13,15-16,19-20,28H,6,8-9,11-12,14H2,1-3H3/t15-,16-,19+,20-/m1/s1. The molecule has 5 rings (SSSR count). The third-order valence-electron chi connectivity index (χ3n) is 7.62. The summed E-state index contributed by atoms with van der Waals surface area (Å²) in [5, 5.41) is 7.83. The highest BCUT2D eigenvalue weighted by Gasteiger charge is 2.56. The Bertz CT molecular complexity index is 1000. The van der Waals surface area contributed by atoms with Gasteiger partial charge in [-0.05, 0) is 76.9 Å². The summed E-state index contributed by atoms with van der Waals surface area (Å²) in [5.41, 5.74) is 1.85. The van der Waals surface area contributed by atoms with Crippen LogP contribution in [0.2, 0.25) is 0 Å². The van der Waals surface area contributed by atoms with Gasteiger partial charge in [0.05, 0.1) is 11.9 Å². The lowest BCUT2D eigenvalue weighted by Crippen LogP contribution is -2.58. The number of carbonyl (C=O) groups excluding carboxylic acids is 1. The van der Waals surface area contributed by atoms with Gasteiger partial charge in [0.2, 0.25) is 0 Å². The fraction of sp³-hybridized carbons (Fsp3) is 0.583. The lowest BCUT2D eigenvalue weighted by molar-refractivity contribution is -0.120. The monoisotopic (exact) mass is 486 g/mol. The molecule has 1 N–H and O–H groups in total. The van der Waals surface area contributed by atoms with E-state index in [0.29, 0.717) is 34.7 Å². The summed E-state index contributed by atoms with van der Waals surface area (Å²) in [5.74, 6) is 2.01. The molecule has 2 bridgehead atoms. The molecule has 0 aromatic carbocycles. The number of Topliss-reactive ketones (excluding diaryl/α,β-unsaturated/α-hetero) is 1. The summed E-state index contributed by atoms with van der Waals surface area (Å²) in [6, 6.07) is 6.12. The molecular formula is C24H31BrN4O2. The summed E-state index contributed by atoms with van der Waals surface area (Å²) >= 11 is 3.44. The first kappa shape index (κ1) is 22.2. The largest absolute Gasteiger partial charge is 0.380 e. The third-order valence-corrected chi connectivity index (χ3v) is 8.39. The number of nitrogens with zero attached hydrogens (tertiary/aromatic N) is 3. The van der Waals surface area contributed by atoms with E-state index in [2.05, 4.69) is 52.1 Å². The summed E-state index contributed by atoms with van der Waals surface area (Å²) in [6.45, 7) is 7.07. The highest BCUT2D eigenvalue weighted by Crippen LogP contribution is 2.61. The van der Waals surface area contributed by atoms with Gasteiger partial charge in [-0.2, -0.15) is 5.10 Å². The number of fused-ring (bicyclic) bond motifs is 2. The summed E-state index contributed by atoms with van der Waals surface area (Å²) in [7, 11) is 0. The van der Waals surface area contributed by atoms with E-state index in [1.54, 1.807) is 12.4 Å². The van der Waals surface area contributed by atoms with Gasteiger partial charge in [0.1, 0.15) is 11.0 Å².